The summed E-state index contributed by atoms with van der Waals surface area (Å²) in [5.41, 5.74) is 3.71. The summed E-state index contributed by atoms with van der Waals surface area (Å²) in [6.07, 6.45) is 0.416. The van der Waals surface area contributed by atoms with Crippen LogP contribution in [0, 0.1) is 0 Å². The molecule has 0 saturated carbocycles. The molecular formula is C13H16O2. The van der Waals surface area contributed by atoms with Gasteiger partial charge in [-0.15, -0.1) is 0 Å². The van der Waals surface area contributed by atoms with Gasteiger partial charge in [0, 0.05) is 0 Å². The number of rotatable bonds is 0. The van der Waals surface area contributed by atoms with Gasteiger partial charge in [0.1, 0.15) is 6.61 Å². The molecule has 0 radical (unpaired) electrons. The highest BCUT2D eigenvalue weighted by Crippen LogP contribution is 2.26. The second-order valence-electron chi connectivity index (χ2n) is 5.07. The summed E-state index contributed by atoms with van der Waals surface area (Å²) in [4.78, 5) is 11.1. The van der Waals surface area contributed by atoms with Gasteiger partial charge in [-0.2, -0.15) is 0 Å². The van der Waals surface area contributed by atoms with Crippen molar-refractivity contribution in [2.75, 3.05) is 0 Å². The van der Waals surface area contributed by atoms with Crippen molar-refractivity contribution in [3.63, 3.8) is 0 Å². The van der Waals surface area contributed by atoms with Crippen molar-refractivity contribution in [1.29, 1.82) is 0 Å². The molecule has 2 rings (SSSR count). The van der Waals surface area contributed by atoms with E-state index in [1.165, 1.54) is 5.56 Å². The smallest absolute Gasteiger partial charge is 0.310 e. The predicted molar refractivity (Wildman–Crippen MR) is 58.6 cm³/mol. The molecule has 80 valence electrons. The van der Waals surface area contributed by atoms with E-state index in [2.05, 4.69) is 39.0 Å². The lowest BCUT2D eigenvalue weighted by molar-refractivity contribution is -0.145. The van der Waals surface area contributed by atoms with E-state index in [9.17, 15) is 4.79 Å². The van der Waals surface area contributed by atoms with E-state index in [0.29, 0.717) is 13.0 Å². The van der Waals surface area contributed by atoms with Crippen LogP contribution in [0.3, 0.4) is 0 Å². The summed E-state index contributed by atoms with van der Waals surface area (Å²) < 4.78 is 5.03. The number of esters is 1. The zero-order chi connectivity index (χ0) is 11.1. The van der Waals surface area contributed by atoms with Gasteiger partial charge >= 0.3 is 5.97 Å². The van der Waals surface area contributed by atoms with E-state index in [4.69, 9.17) is 4.74 Å². The van der Waals surface area contributed by atoms with Gasteiger partial charge in [-0.1, -0.05) is 39.0 Å². The first-order chi connectivity index (χ1) is 6.97. The predicted octanol–water partition coefficient (Wildman–Crippen LogP) is 2.58. The van der Waals surface area contributed by atoms with Gasteiger partial charge < -0.3 is 4.74 Å². The summed E-state index contributed by atoms with van der Waals surface area (Å²) in [6.45, 7) is 6.98. The maximum absolute atomic E-state index is 11.1. The van der Waals surface area contributed by atoms with Crippen molar-refractivity contribution in [3.8, 4) is 0 Å². The number of hydrogen-bond donors (Lipinski definition) is 0. The van der Waals surface area contributed by atoms with Gasteiger partial charge in [0.15, 0.2) is 0 Å². The van der Waals surface area contributed by atoms with Crippen LogP contribution in [0.4, 0.5) is 0 Å². The molecule has 1 heterocycles. The standard InChI is InChI=1S/C13H16O2/c1-13(2,3)11-5-4-9-7-12(14)15-8-10(9)6-11/h4-6H,7-8H2,1-3H3. The van der Waals surface area contributed by atoms with Crippen LogP contribution >= 0.6 is 0 Å². The number of carbonyl (C=O) groups is 1. The fourth-order valence-electron chi connectivity index (χ4n) is 1.76. The van der Waals surface area contributed by atoms with Crippen molar-refractivity contribution in [2.45, 2.75) is 39.2 Å². The Morgan fingerprint density at radius 2 is 1.93 bits per heavy atom. The first-order valence-electron chi connectivity index (χ1n) is 5.25. The molecule has 0 atom stereocenters. The number of fused-ring (bicyclic) bond motifs is 1. The molecule has 15 heavy (non-hydrogen) atoms. The third kappa shape index (κ3) is 2.04. The molecule has 1 aromatic rings. The summed E-state index contributed by atoms with van der Waals surface area (Å²) in [5.74, 6) is -0.119. The highest BCUT2D eigenvalue weighted by atomic mass is 16.5. The lowest BCUT2D eigenvalue weighted by Crippen LogP contribution is -2.18. The Labute approximate surface area is 90.3 Å². The van der Waals surface area contributed by atoms with Gasteiger partial charge in [-0.05, 0) is 22.1 Å². The normalized spacial score (nSPS) is 15.8. The average molecular weight is 204 g/mol. The Kier molecular flexibility index (Phi) is 2.29. The first kappa shape index (κ1) is 10.2. The first-order valence-corrected chi connectivity index (χ1v) is 5.25. The Morgan fingerprint density at radius 3 is 2.60 bits per heavy atom. The lowest BCUT2D eigenvalue weighted by Gasteiger charge is -2.23. The zero-order valence-electron chi connectivity index (χ0n) is 9.46. The fourth-order valence-corrected chi connectivity index (χ4v) is 1.76. The molecule has 0 aliphatic carbocycles. The molecule has 2 nitrogen and oxygen atoms in total. The largest absolute Gasteiger partial charge is 0.461 e. The molecule has 0 N–H and O–H groups in total. The molecule has 0 bridgehead atoms. The fraction of sp³-hybridized carbons (Fsp3) is 0.462. The van der Waals surface area contributed by atoms with Gasteiger partial charge in [0.2, 0.25) is 0 Å². The number of cyclic esters (lactones) is 1. The van der Waals surface area contributed by atoms with Crippen LogP contribution in [0.2, 0.25) is 0 Å². The SMILES string of the molecule is CC(C)(C)c1ccc2c(c1)COC(=O)C2. The minimum atomic E-state index is -0.119. The molecule has 0 unspecified atom stereocenters. The summed E-state index contributed by atoms with van der Waals surface area (Å²) in [6, 6.07) is 6.32. The molecule has 1 aromatic carbocycles. The maximum Gasteiger partial charge on any atom is 0.310 e. The molecule has 1 aliphatic heterocycles. The zero-order valence-corrected chi connectivity index (χ0v) is 9.46. The Bertz CT molecular complexity index is 399. The molecule has 0 spiro atoms. The van der Waals surface area contributed by atoms with E-state index >= 15 is 0 Å². The van der Waals surface area contributed by atoms with Crippen LogP contribution in [0.1, 0.15) is 37.5 Å². The maximum atomic E-state index is 11.1. The van der Waals surface area contributed by atoms with Crippen molar-refractivity contribution in [3.05, 3.63) is 34.9 Å². The van der Waals surface area contributed by atoms with Crippen LogP contribution in [0.25, 0.3) is 0 Å². The second kappa shape index (κ2) is 3.37. The molecule has 0 amide bonds. The average Bonchev–Trinajstić information content (AvgIpc) is 2.15. The van der Waals surface area contributed by atoms with Gasteiger partial charge in [-0.3, -0.25) is 4.79 Å². The number of ether oxygens (including phenoxy) is 1. The molecule has 0 saturated heterocycles. The van der Waals surface area contributed by atoms with E-state index in [1.807, 2.05) is 0 Å². The Morgan fingerprint density at radius 1 is 1.20 bits per heavy atom. The van der Waals surface area contributed by atoms with Crippen LogP contribution in [-0.4, -0.2) is 5.97 Å². The Hall–Kier alpha value is -1.31. The van der Waals surface area contributed by atoms with Crippen molar-refractivity contribution in [2.24, 2.45) is 0 Å². The molecule has 0 fully saturated rings. The van der Waals surface area contributed by atoms with Gasteiger partial charge in [0.05, 0.1) is 6.42 Å². The number of hydrogen-bond acceptors (Lipinski definition) is 2. The minimum Gasteiger partial charge on any atom is -0.461 e. The second-order valence-corrected chi connectivity index (χ2v) is 5.07. The van der Waals surface area contributed by atoms with Gasteiger partial charge in [0.25, 0.3) is 0 Å². The molecule has 1 aliphatic rings. The van der Waals surface area contributed by atoms with E-state index < -0.39 is 0 Å². The van der Waals surface area contributed by atoms with Crippen molar-refractivity contribution < 1.29 is 9.53 Å². The number of benzene rings is 1. The van der Waals surface area contributed by atoms with Crippen LogP contribution in [0.15, 0.2) is 18.2 Å². The van der Waals surface area contributed by atoms with E-state index in [0.717, 1.165) is 11.1 Å². The third-order valence-corrected chi connectivity index (χ3v) is 2.80. The molecule has 2 heteroatoms. The van der Waals surface area contributed by atoms with Gasteiger partial charge in [-0.25, -0.2) is 0 Å². The monoisotopic (exact) mass is 204 g/mol. The van der Waals surface area contributed by atoms with E-state index in [1.54, 1.807) is 0 Å². The third-order valence-electron chi connectivity index (χ3n) is 2.80. The van der Waals surface area contributed by atoms with Crippen LogP contribution in [-0.2, 0) is 28.0 Å². The van der Waals surface area contributed by atoms with Crippen molar-refractivity contribution in [1.82, 2.24) is 0 Å². The van der Waals surface area contributed by atoms with Crippen LogP contribution in [0.5, 0.6) is 0 Å². The summed E-state index contributed by atoms with van der Waals surface area (Å²) in [5, 5.41) is 0. The minimum absolute atomic E-state index is 0.119. The van der Waals surface area contributed by atoms with E-state index in [-0.39, 0.29) is 11.4 Å². The highest BCUT2D eigenvalue weighted by molar-refractivity contribution is 5.74. The quantitative estimate of drug-likeness (QED) is 0.607. The topological polar surface area (TPSA) is 26.3 Å². The Balaban J connectivity index is 2.39. The highest BCUT2D eigenvalue weighted by Gasteiger charge is 2.20. The summed E-state index contributed by atoms with van der Waals surface area (Å²) in [7, 11) is 0. The van der Waals surface area contributed by atoms with Crippen molar-refractivity contribution >= 4 is 5.97 Å². The van der Waals surface area contributed by atoms with Crippen LogP contribution < -0.4 is 0 Å². The lowest BCUT2D eigenvalue weighted by atomic mass is 9.84. The molecular weight excluding hydrogens is 188 g/mol. The molecule has 0 aromatic heterocycles. The summed E-state index contributed by atoms with van der Waals surface area (Å²) >= 11 is 0. The number of carbonyl (C=O) groups excluding carboxylic acids is 1.